The molecule has 0 atom stereocenters. The molecule has 1 aliphatic rings. The van der Waals surface area contributed by atoms with Gasteiger partial charge in [0, 0.05) is 38.8 Å². The summed E-state index contributed by atoms with van der Waals surface area (Å²) in [6, 6.07) is 3.37. The summed E-state index contributed by atoms with van der Waals surface area (Å²) in [5.41, 5.74) is -0.247. The number of likely N-dealkylation sites (tertiary alicyclic amines) is 1. The molecule has 6 nitrogen and oxygen atoms in total. The predicted molar refractivity (Wildman–Crippen MR) is 121 cm³/mol. The van der Waals surface area contributed by atoms with Crippen molar-refractivity contribution in [1.29, 1.82) is 0 Å². The minimum Gasteiger partial charge on any atom is -0.444 e. The lowest BCUT2D eigenvalue weighted by molar-refractivity contribution is 0.0185. The summed E-state index contributed by atoms with van der Waals surface area (Å²) in [4.78, 5) is 18.0. The van der Waals surface area contributed by atoms with E-state index < -0.39 is 17.2 Å². The fourth-order valence-corrected chi connectivity index (χ4v) is 2.97. The first-order chi connectivity index (χ1) is 13.2. The number of hydrogen-bond acceptors (Lipinski definition) is 3. The van der Waals surface area contributed by atoms with Gasteiger partial charge in [-0.3, -0.25) is 4.99 Å². The molecule has 1 aromatic rings. The Labute approximate surface area is 188 Å². The standard InChI is InChI=1S/C20H30F2N4O2.HI/c1-20(2,3)28-19(27)26-9-7-14(8-10-26)12-24-18(23-4)25-13-15-11-16(21)5-6-17(15)22;/h5-6,11,14H,7-10,12-13H2,1-4H3,(H2,23,24,25);1H. The van der Waals surface area contributed by atoms with E-state index in [2.05, 4.69) is 15.6 Å². The third-order valence-electron chi connectivity index (χ3n) is 4.50. The van der Waals surface area contributed by atoms with Gasteiger partial charge in [0.2, 0.25) is 0 Å². The lowest BCUT2D eigenvalue weighted by Crippen LogP contribution is -2.45. The lowest BCUT2D eigenvalue weighted by Gasteiger charge is -2.33. The predicted octanol–water partition coefficient (Wildman–Crippen LogP) is 3.89. The van der Waals surface area contributed by atoms with Crippen molar-refractivity contribution in [2.75, 3.05) is 26.7 Å². The van der Waals surface area contributed by atoms with Crippen molar-refractivity contribution in [1.82, 2.24) is 15.5 Å². The first-order valence-corrected chi connectivity index (χ1v) is 9.54. The van der Waals surface area contributed by atoms with E-state index in [4.69, 9.17) is 4.74 Å². The number of carbonyl (C=O) groups is 1. The van der Waals surface area contributed by atoms with E-state index in [-0.39, 0.29) is 42.2 Å². The molecule has 1 heterocycles. The molecule has 1 amide bonds. The Morgan fingerprint density at radius 1 is 1.24 bits per heavy atom. The van der Waals surface area contributed by atoms with Crippen molar-refractivity contribution in [3.05, 3.63) is 35.4 Å². The lowest BCUT2D eigenvalue weighted by atomic mass is 9.97. The first-order valence-electron chi connectivity index (χ1n) is 9.54. The summed E-state index contributed by atoms with van der Waals surface area (Å²) in [6.07, 6.45) is 1.46. The summed E-state index contributed by atoms with van der Waals surface area (Å²) in [5, 5.41) is 6.21. The monoisotopic (exact) mass is 524 g/mol. The van der Waals surface area contributed by atoms with Gasteiger partial charge >= 0.3 is 6.09 Å². The quantitative estimate of drug-likeness (QED) is 0.357. The molecule has 0 radical (unpaired) electrons. The van der Waals surface area contributed by atoms with Gasteiger partial charge in [-0.25, -0.2) is 13.6 Å². The molecule has 9 heteroatoms. The summed E-state index contributed by atoms with van der Waals surface area (Å²) in [5.74, 6) is -0.0156. The average Bonchev–Trinajstić information content (AvgIpc) is 2.63. The minimum absolute atomic E-state index is 0. The molecule has 1 aliphatic heterocycles. The molecule has 0 aliphatic carbocycles. The number of nitrogens with zero attached hydrogens (tertiary/aromatic N) is 2. The van der Waals surface area contributed by atoms with Crippen LogP contribution in [-0.4, -0.2) is 49.2 Å². The molecule has 1 saturated heterocycles. The maximum Gasteiger partial charge on any atom is 0.410 e. The Kier molecular flexibility index (Phi) is 10.1. The van der Waals surface area contributed by atoms with Crippen LogP contribution in [0.3, 0.4) is 0 Å². The molecular weight excluding hydrogens is 493 g/mol. The van der Waals surface area contributed by atoms with Crippen molar-refractivity contribution in [2.45, 2.75) is 45.8 Å². The maximum absolute atomic E-state index is 13.7. The van der Waals surface area contributed by atoms with E-state index in [9.17, 15) is 13.6 Å². The van der Waals surface area contributed by atoms with Crippen molar-refractivity contribution in [3.8, 4) is 0 Å². The van der Waals surface area contributed by atoms with Gasteiger partial charge in [0.25, 0.3) is 0 Å². The van der Waals surface area contributed by atoms with E-state index in [1.54, 1.807) is 11.9 Å². The van der Waals surface area contributed by atoms with E-state index in [0.717, 1.165) is 25.0 Å². The van der Waals surface area contributed by atoms with Crippen molar-refractivity contribution in [3.63, 3.8) is 0 Å². The van der Waals surface area contributed by atoms with Gasteiger partial charge < -0.3 is 20.3 Å². The van der Waals surface area contributed by atoms with Gasteiger partial charge in [-0.2, -0.15) is 0 Å². The number of rotatable bonds is 4. The Bertz CT molecular complexity index is 702. The molecule has 2 rings (SSSR count). The maximum atomic E-state index is 13.7. The zero-order valence-corrected chi connectivity index (χ0v) is 19.8. The van der Waals surface area contributed by atoms with Crippen LogP contribution in [-0.2, 0) is 11.3 Å². The summed E-state index contributed by atoms with van der Waals surface area (Å²) in [7, 11) is 1.63. The minimum atomic E-state index is -0.491. The molecule has 2 N–H and O–H groups in total. The molecule has 0 unspecified atom stereocenters. The number of aliphatic imine (C=N–C) groups is 1. The highest BCUT2D eigenvalue weighted by molar-refractivity contribution is 14.0. The highest BCUT2D eigenvalue weighted by Gasteiger charge is 2.26. The topological polar surface area (TPSA) is 66.0 Å². The van der Waals surface area contributed by atoms with Gasteiger partial charge in [-0.15, -0.1) is 24.0 Å². The Morgan fingerprint density at radius 2 is 1.90 bits per heavy atom. The number of amides is 1. The molecule has 1 fully saturated rings. The fourth-order valence-electron chi connectivity index (χ4n) is 2.97. The van der Waals surface area contributed by atoms with Gasteiger partial charge in [0.05, 0.1) is 0 Å². The number of ether oxygens (including phenoxy) is 1. The highest BCUT2D eigenvalue weighted by Crippen LogP contribution is 2.19. The molecule has 164 valence electrons. The molecule has 1 aromatic carbocycles. The fraction of sp³-hybridized carbons (Fsp3) is 0.600. The number of halogens is 3. The summed E-state index contributed by atoms with van der Waals surface area (Å²) in [6.45, 7) is 7.71. The molecular formula is C20H31F2IN4O2. The zero-order chi connectivity index (χ0) is 20.7. The van der Waals surface area contributed by atoms with Crippen LogP contribution < -0.4 is 10.6 Å². The zero-order valence-electron chi connectivity index (χ0n) is 17.4. The van der Waals surface area contributed by atoms with Crippen molar-refractivity contribution in [2.24, 2.45) is 10.9 Å². The highest BCUT2D eigenvalue weighted by atomic mass is 127. The van der Waals surface area contributed by atoms with E-state index in [1.807, 2.05) is 20.8 Å². The Balaban J connectivity index is 0.00000420. The normalized spacial score (nSPS) is 15.5. The second-order valence-electron chi connectivity index (χ2n) is 7.95. The van der Waals surface area contributed by atoms with Crippen LogP contribution >= 0.6 is 24.0 Å². The number of hydrogen-bond donors (Lipinski definition) is 2. The Hall–Kier alpha value is -1.65. The van der Waals surface area contributed by atoms with Gasteiger partial charge in [-0.05, 0) is 57.7 Å². The molecule has 0 aromatic heterocycles. The SMILES string of the molecule is CN=C(NCc1cc(F)ccc1F)NCC1CCN(C(=O)OC(C)(C)C)CC1.I. The number of carbonyl (C=O) groups excluding carboxylic acids is 1. The number of guanidine groups is 1. The summed E-state index contributed by atoms with van der Waals surface area (Å²) >= 11 is 0. The molecule has 29 heavy (non-hydrogen) atoms. The summed E-state index contributed by atoms with van der Waals surface area (Å²) < 4.78 is 32.3. The van der Waals surface area contributed by atoms with Gasteiger partial charge in [0.1, 0.15) is 17.2 Å². The second kappa shape index (κ2) is 11.5. The number of benzene rings is 1. The number of piperidine rings is 1. The molecule has 0 bridgehead atoms. The van der Waals surface area contributed by atoms with Crippen LogP contribution in [0.4, 0.5) is 13.6 Å². The largest absolute Gasteiger partial charge is 0.444 e. The van der Waals surface area contributed by atoms with Crippen LogP contribution in [0.15, 0.2) is 23.2 Å². The van der Waals surface area contributed by atoms with Gasteiger partial charge in [0.15, 0.2) is 5.96 Å². The first kappa shape index (κ1) is 25.4. The van der Waals surface area contributed by atoms with E-state index in [1.165, 1.54) is 6.07 Å². The van der Waals surface area contributed by atoms with Crippen LogP contribution in [0.1, 0.15) is 39.2 Å². The van der Waals surface area contributed by atoms with Crippen LogP contribution in [0, 0.1) is 17.6 Å². The number of nitrogens with one attached hydrogen (secondary N) is 2. The van der Waals surface area contributed by atoms with Crippen LogP contribution in [0.25, 0.3) is 0 Å². The Morgan fingerprint density at radius 3 is 2.48 bits per heavy atom. The van der Waals surface area contributed by atoms with E-state index >= 15 is 0 Å². The van der Waals surface area contributed by atoms with E-state index in [0.29, 0.717) is 31.5 Å². The van der Waals surface area contributed by atoms with Crippen molar-refractivity contribution >= 4 is 36.0 Å². The van der Waals surface area contributed by atoms with Crippen LogP contribution in [0.5, 0.6) is 0 Å². The second-order valence-corrected chi connectivity index (χ2v) is 7.95. The van der Waals surface area contributed by atoms with Crippen LogP contribution in [0.2, 0.25) is 0 Å². The third kappa shape index (κ3) is 8.71. The molecule has 0 saturated carbocycles. The van der Waals surface area contributed by atoms with Crippen molar-refractivity contribution < 1.29 is 18.3 Å². The van der Waals surface area contributed by atoms with Gasteiger partial charge in [-0.1, -0.05) is 0 Å². The molecule has 0 spiro atoms. The average molecular weight is 524 g/mol. The smallest absolute Gasteiger partial charge is 0.410 e. The third-order valence-corrected chi connectivity index (χ3v) is 4.50.